The first-order valence-corrected chi connectivity index (χ1v) is 0. The maximum atomic E-state index is 0. The van der Waals surface area contributed by atoms with Crippen molar-refractivity contribution in [2.45, 2.75) is 0 Å². The summed E-state index contributed by atoms with van der Waals surface area (Å²) in [7, 11) is 0. The largest absolute Gasteiger partial charge is 3.00 e. The van der Waals surface area contributed by atoms with Gasteiger partial charge in [0.15, 0.2) is 0 Å². The van der Waals surface area contributed by atoms with Crippen molar-refractivity contribution in [3.63, 3.8) is 0 Å². The molecule has 0 aromatic heterocycles. The smallest absolute Gasteiger partial charge is 1.00 e. The molecule has 0 bridgehead atoms. The summed E-state index contributed by atoms with van der Waals surface area (Å²) in [5, 5.41) is 0. The second kappa shape index (κ2) is 305. The third-order valence-electron chi connectivity index (χ3n) is 0. The van der Waals surface area contributed by atoms with Crippen LogP contribution >= 0.6 is 0 Å². The third kappa shape index (κ3) is 264. The van der Waals surface area contributed by atoms with Gasteiger partial charge in [0.05, 0.1) is 0 Å². The summed E-state index contributed by atoms with van der Waals surface area (Å²) >= 11 is 0. The van der Waals surface area contributed by atoms with Crippen LogP contribution in [-0.2, 0) is 49.3 Å². The average molecular weight is 709 g/mol. The summed E-state index contributed by atoms with van der Waals surface area (Å²) in [6.45, 7) is 0. The number of halogens is 3. The van der Waals surface area contributed by atoms with E-state index < -0.39 is 0 Å². The molecule has 0 saturated heterocycles. The van der Waals surface area contributed by atoms with Crippen LogP contribution < -0.4 is 71.9 Å². The standard InChI is InChI=1S/Gd.3HI.9H2O/h;3*1H;9*1H2/q+3;;;;;;;;;;;;/p+6. The van der Waals surface area contributed by atoms with Gasteiger partial charge < -0.3 is 121 Å². The van der Waals surface area contributed by atoms with E-state index in [1.54, 1.807) is 0 Å². The Bertz CT molecular complexity index is 14.8. The predicted octanol–water partition coefficient (Wildman–Crippen LogP) is -17.3. The zero-order valence-electron chi connectivity index (χ0n) is 6.68. The molecular formula is H27GdI3O9+9. The zero-order chi connectivity index (χ0) is 0. The first kappa shape index (κ1) is 373. The van der Waals surface area contributed by atoms with Gasteiger partial charge in [0, 0.05) is 0 Å². The van der Waals surface area contributed by atoms with Gasteiger partial charge in [-0.3, -0.25) is 0 Å². The Labute approximate surface area is 158 Å². The van der Waals surface area contributed by atoms with E-state index in [2.05, 4.69) is 0 Å². The van der Waals surface area contributed by atoms with Crippen LogP contribution in [0.1, 0.15) is 0 Å². The van der Waals surface area contributed by atoms with E-state index in [0.29, 0.717) is 0 Å². The molecule has 1 radical (unpaired) electrons. The minimum absolute atomic E-state index is 0. The van der Waals surface area contributed by atoms with E-state index in [4.69, 9.17) is 0 Å². The molecule has 0 aliphatic rings. The molecule has 101 valence electrons. The summed E-state index contributed by atoms with van der Waals surface area (Å²) in [6, 6.07) is 0. The second-order valence-electron chi connectivity index (χ2n) is 0. The van der Waals surface area contributed by atoms with Crippen molar-refractivity contribution in [1.29, 1.82) is 0 Å². The van der Waals surface area contributed by atoms with Crippen molar-refractivity contribution in [3.05, 3.63) is 0 Å². The maximum Gasteiger partial charge on any atom is 3.00 e. The topological polar surface area (TPSA) is 297 Å². The van der Waals surface area contributed by atoms with Gasteiger partial charge in [0.2, 0.25) is 0 Å². The first-order valence-electron chi connectivity index (χ1n) is 0. The minimum atomic E-state index is 0. The number of hydrogen-bond acceptors (Lipinski definition) is 0. The molecular weight excluding hydrogens is 682 g/mol. The molecule has 0 spiro atoms. The molecule has 0 atom stereocenters. The van der Waals surface area contributed by atoms with E-state index in [0.717, 1.165) is 0 Å². The molecule has 9 nitrogen and oxygen atoms in total. The average Bonchev–Trinajstić information content (AvgIpc) is 0. The molecule has 0 aliphatic carbocycles. The molecule has 0 amide bonds. The summed E-state index contributed by atoms with van der Waals surface area (Å²) in [4.78, 5) is 0. The van der Waals surface area contributed by atoms with Crippen LogP contribution in [0, 0.1) is 39.9 Å². The Morgan fingerprint density at radius 3 is 0.231 bits per heavy atom. The Morgan fingerprint density at radius 1 is 0.231 bits per heavy atom. The molecule has 0 aromatic rings. The van der Waals surface area contributed by atoms with Gasteiger partial charge in [0.1, 0.15) is 0 Å². The van der Waals surface area contributed by atoms with Crippen LogP contribution in [0.25, 0.3) is 0 Å². The molecule has 27 N–H and O–H groups in total. The van der Waals surface area contributed by atoms with Crippen molar-refractivity contribution in [2.24, 2.45) is 0 Å². The van der Waals surface area contributed by atoms with Crippen LogP contribution in [-0.4, -0.2) is 0 Å². The van der Waals surface area contributed by atoms with Crippen LogP contribution in [0.15, 0.2) is 0 Å². The van der Waals surface area contributed by atoms with Crippen molar-refractivity contribution in [2.75, 3.05) is 0 Å². The zero-order valence-corrected chi connectivity index (χ0v) is 15.4. The van der Waals surface area contributed by atoms with Crippen molar-refractivity contribution in [3.8, 4) is 0 Å². The quantitative estimate of drug-likeness (QED) is 0.167. The van der Waals surface area contributed by atoms with E-state index in [9.17, 15) is 0 Å². The fourth-order valence-corrected chi connectivity index (χ4v) is 0. The minimum Gasteiger partial charge on any atom is -1.00 e. The Kier molecular flexibility index (Phi) is 8750. The third-order valence-corrected chi connectivity index (χ3v) is 0. The van der Waals surface area contributed by atoms with E-state index in [1.807, 2.05) is 0 Å². The SMILES string of the molecule is [Gd+3].[I-].[I-].[I-].[OH3+].[OH3+].[OH3+].[OH3+].[OH3+].[OH3+].[OH3+].[OH3+].[OH3+]. The molecule has 0 fully saturated rings. The summed E-state index contributed by atoms with van der Waals surface area (Å²) in [6.07, 6.45) is 0. The first-order chi connectivity index (χ1) is 0. The molecule has 0 unspecified atom stereocenters. The van der Waals surface area contributed by atoms with Crippen LogP contribution in [0.4, 0.5) is 0 Å². The summed E-state index contributed by atoms with van der Waals surface area (Å²) in [5.74, 6) is 0. The van der Waals surface area contributed by atoms with Crippen molar-refractivity contribution < 1.29 is 161 Å². The summed E-state index contributed by atoms with van der Waals surface area (Å²) < 4.78 is 0. The fraction of sp³-hybridized carbons (Fsp3) is 0. The predicted molar refractivity (Wildman–Crippen MR) is 43.8 cm³/mol. The monoisotopic (exact) mass is 710 g/mol. The molecule has 13 heavy (non-hydrogen) atoms. The van der Waals surface area contributed by atoms with Gasteiger partial charge in [-0.05, 0) is 0 Å². The molecule has 0 saturated carbocycles. The molecule has 0 heterocycles. The molecule has 0 aliphatic heterocycles. The maximum absolute atomic E-state index is 0. The van der Waals surface area contributed by atoms with Crippen molar-refractivity contribution >= 4 is 0 Å². The van der Waals surface area contributed by atoms with Crippen LogP contribution in [0.2, 0.25) is 0 Å². The Morgan fingerprint density at radius 2 is 0.231 bits per heavy atom. The molecule has 0 rings (SSSR count). The number of rotatable bonds is 0. The van der Waals surface area contributed by atoms with Gasteiger partial charge in [-0.15, -0.1) is 0 Å². The number of hydrogen-bond donors (Lipinski definition) is 0. The van der Waals surface area contributed by atoms with E-state index in [1.165, 1.54) is 0 Å². The second-order valence-corrected chi connectivity index (χ2v) is 0. The van der Waals surface area contributed by atoms with Gasteiger partial charge in [-0.25, -0.2) is 0 Å². The fourth-order valence-electron chi connectivity index (χ4n) is 0. The summed E-state index contributed by atoms with van der Waals surface area (Å²) in [5.41, 5.74) is 0. The van der Waals surface area contributed by atoms with Gasteiger partial charge in [-0.2, -0.15) is 0 Å². The van der Waals surface area contributed by atoms with Crippen LogP contribution in [0.5, 0.6) is 0 Å². The molecule has 0 aromatic carbocycles. The Hall–Kier alpha value is 3.15. The van der Waals surface area contributed by atoms with Crippen molar-refractivity contribution in [1.82, 2.24) is 0 Å². The molecule has 13 heteroatoms. The normalized spacial score (nSPS) is 0. The van der Waals surface area contributed by atoms with E-state index >= 15 is 0 Å². The Balaban J connectivity index is 0. The van der Waals surface area contributed by atoms with Gasteiger partial charge in [-0.1, -0.05) is 0 Å². The van der Waals surface area contributed by atoms with Crippen LogP contribution in [0.3, 0.4) is 0 Å². The van der Waals surface area contributed by atoms with Gasteiger partial charge in [0.25, 0.3) is 0 Å². The van der Waals surface area contributed by atoms with E-state index in [-0.39, 0.29) is 161 Å². The van der Waals surface area contributed by atoms with Gasteiger partial charge >= 0.3 is 39.9 Å².